The van der Waals surface area contributed by atoms with Gasteiger partial charge in [-0.3, -0.25) is 0 Å². The number of sulfone groups is 1. The Bertz CT molecular complexity index is 284. The highest BCUT2D eigenvalue weighted by Crippen LogP contribution is 2.18. The highest BCUT2D eigenvalue weighted by atomic mass is 32.2. The van der Waals surface area contributed by atoms with Gasteiger partial charge in [-0.25, -0.2) is 8.42 Å². The van der Waals surface area contributed by atoms with Gasteiger partial charge in [-0.2, -0.15) is 0 Å². The van der Waals surface area contributed by atoms with E-state index in [9.17, 15) is 8.42 Å². The molecule has 1 aliphatic rings. The third-order valence-electron chi connectivity index (χ3n) is 3.47. The van der Waals surface area contributed by atoms with Crippen LogP contribution in [0.1, 0.15) is 33.6 Å². The van der Waals surface area contributed by atoms with Crippen LogP contribution in [0.25, 0.3) is 0 Å². The molecule has 1 rings (SSSR count). The number of quaternary nitrogens is 1. The van der Waals surface area contributed by atoms with E-state index in [-0.39, 0.29) is 16.5 Å². The van der Waals surface area contributed by atoms with Crippen LogP contribution in [-0.4, -0.2) is 38.6 Å². The topological polar surface area (TPSA) is 38.6 Å². The zero-order valence-corrected chi connectivity index (χ0v) is 10.4. The Kier molecular flexibility index (Phi) is 3.58. The Morgan fingerprint density at radius 1 is 1.36 bits per heavy atom. The molecule has 0 aromatic rings. The molecular formula is C10H22NO2S+. The maximum Gasteiger partial charge on any atom is 0.161 e. The molecule has 0 aliphatic carbocycles. The lowest BCUT2D eigenvalue weighted by Crippen LogP contribution is -3.15. The van der Waals surface area contributed by atoms with Crippen LogP contribution in [0.5, 0.6) is 0 Å². The first-order valence-corrected chi connectivity index (χ1v) is 7.03. The van der Waals surface area contributed by atoms with E-state index >= 15 is 0 Å². The lowest BCUT2D eigenvalue weighted by molar-refractivity contribution is -0.908. The second kappa shape index (κ2) is 4.19. The van der Waals surface area contributed by atoms with Crippen molar-refractivity contribution in [2.45, 2.75) is 50.2 Å². The second-order valence-corrected chi connectivity index (χ2v) is 7.43. The minimum Gasteiger partial charge on any atom is -0.334 e. The summed E-state index contributed by atoms with van der Waals surface area (Å²) in [5.74, 6) is 0. The first-order valence-electron chi connectivity index (χ1n) is 5.42. The number of nitrogens with one attached hydrogen (secondary N) is 1. The third-order valence-corrected chi connectivity index (χ3v) is 6.28. The maximum absolute atomic E-state index is 12.0. The van der Waals surface area contributed by atoms with Crippen molar-refractivity contribution in [1.29, 1.82) is 0 Å². The molecule has 0 saturated carbocycles. The molecule has 0 amide bonds. The molecule has 1 saturated heterocycles. The van der Waals surface area contributed by atoms with Crippen LogP contribution in [0, 0.1) is 0 Å². The Hall–Kier alpha value is -0.0900. The van der Waals surface area contributed by atoms with Crippen LogP contribution in [0.4, 0.5) is 0 Å². The van der Waals surface area contributed by atoms with Gasteiger partial charge in [0.15, 0.2) is 9.84 Å². The average Bonchev–Trinajstić information content (AvgIpc) is 2.09. The van der Waals surface area contributed by atoms with Gasteiger partial charge < -0.3 is 4.90 Å². The van der Waals surface area contributed by atoms with Gasteiger partial charge in [-0.15, -0.1) is 0 Å². The van der Waals surface area contributed by atoms with E-state index in [1.807, 2.05) is 0 Å². The molecule has 3 atom stereocenters. The van der Waals surface area contributed by atoms with Crippen molar-refractivity contribution in [2.24, 2.45) is 0 Å². The molecule has 14 heavy (non-hydrogen) atoms. The molecule has 84 valence electrons. The lowest BCUT2D eigenvalue weighted by atomic mass is 10.0. The van der Waals surface area contributed by atoms with Crippen LogP contribution >= 0.6 is 0 Å². The molecular weight excluding hydrogens is 198 g/mol. The number of hydrogen-bond acceptors (Lipinski definition) is 2. The number of rotatable bonds is 2. The first-order chi connectivity index (χ1) is 6.37. The lowest BCUT2D eigenvalue weighted by Gasteiger charge is -2.34. The van der Waals surface area contributed by atoms with Crippen LogP contribution in [0.2, 0.25) is 0 Å². The fourth-order valence-corrected chi connectivity index (χ4v) is 4.17. The molecule has 1 N–H and O–H groups in total. The molecule has 0 aromatic carbocycles. The summed E-state index contributed by atoms with van der Waals surface area (Å²) >= 11 is 0. The SMILES string of the molecule is CC1C(S(=O)(=O)C(C)C)CCC[NH+]1C. The Balaban J connectivity index is 2.87. The van der Waals surface area contributed by atoms with Crippen molar-refractivity contribution in [1.82, 2.24) is 0 Å². The Morgan fingerprint density at radius 3 is 2.43 bits per heavy atom. The first kappa shape index (κ1) is 12.0. The molecule has 4 heteroatoms. The quantitative estimate of drug-likeness (QED) is 0.704. The maximum atomic E-state index is 12.0. The largest absolute Gasteiger partial charge is 0.334 e. The molecule has 3 unspecified atom stereocenters. The van der Waals surface area contributed by atoms with E-state index in [2.05, 4.69) is 14.0 Å². The normalized spacial score (nSPS) is 34.8. The number of hydrogen-bond donors (Lipinski definition) is 1. The van der Waals surface area contributed by atoms with Crippen molar-refractivity contribution >= 4 is 9.84 Å². The van der Waals surface area contributed by atoms with Gasteiger partial charge in [0.2, 0.25) is 0 Å². The Labute approximate surface area is 87.4 Å². The summed E-state index contributed by atoms with van der Waals surface area (Å²) in [6.07, 6.45) is 1.88. The standard InChI is InChI=1S/C10H21NO2S/c1-8(2)14(12,13)10-6-5-7-11(4)9(10)3/h8-10H,5-7H2,1-4H3/p+1. The highest BCUT2D eigenvalue weighted by Gasteiger charge is 2.39. The monoisotopic (exact) mass is 220 g/mol. The predicted molar refractivity (Wildman–Crippen MR) is 58.3 cm³/mol. The molecule has 1 fully saturated rings. The van der Waals surface area contributed by atoms with Gasteiger partial charge in [-0.05, 0) is 33.6 Å². The third kappa shape index (κ3) is 2.11. The van der Waals surface area contributed by atoms with Crippen LogP contribution in [0.15, 0.2) is 0 Å². The summed E-state index contributed by atoms with van der Waals surface area (Å²) in [5, 5.41) is -0.364. The smallest absolute Gasteiger partial charge is 0.161 e. The second-order valence-electron chi connectivity index (χ2n) is 4.70. The highest BCUT2D eigenvalue weighted by molar-refractivity contribution is 7.92. The molecule has 3 nitrogen and oxygen atoms in total. The van der Waals surface area contributed by atoms with Gasteiger partial charge in [0.1, 0.15) is 11.3 Å². The van der Waals surface area contributed by atoms with Crippen LogP contribution in [-0.2, 0) is 9.84 Å². The minimum atomic E-state index is -2.90. The van der Waals surface area contributed by atoms with E-state index in [0.717, 1.165) is 19.4 Å². The number of piperidine rings is 1. The molecule has 0 spiro atoms. The Morgan fingerprint density at radius 2 is 1.93 bits per heavy atom. The molecule has 0 radical (unpaired) electrons. The molecule has 1 heterocycles. The van der Waals surface area contributed by atoms with E-state index in [1.165, 1.54) is 4.90 Å². The van der Waals surface area contributed by atoms with Gasteiger partial charge in [0.25, 0.3) is 0 Å². The van der Waals surface area contributed by atoms with Crippen molar-refractivity contribution in [3.05, 3.63) is 0 Å². The predicted octanol–water partition coefficient (Wildman–Crippen LogP) is -0.125. The zero-order chi connectivity index (χ0) is 10.9. The molecule has 1 aliphatic heterocycles. The minimum absolute atomic E-state index is 0.128. The number of likely N-dealkylation sites (tertiary alicyclic amines) is 1. The van der Waals surface area contributed by atoms with Gasteiger partial charge in [0.05, 0.1) is 18.8 Å². The van der Waals surface area contributed by atoms with E-state index < -0.39 is 9.84 Å². The van der Waals surface area contributed by atoms with Gasteiger partial charge in [0, 0.05) is 0 Å². The van der Waals surface area contributed by atoms with E-state index in [4.69, 9.17) is 0 Å². The summed E-state index contributed by atoms with van der Waals surface area (Å²) in [6, 6.07) is 0.246. The summed E-state index contributed by atoms with van der Waals surface area (Å²) < 4.78 is 24.1. The van der Waals surface area contributed by atoms with Gasteiger partial charge in [-0.1, -0.05) is 0 Å². The van der Waals surface area contributed by atoms with Crippen molar-refractivity contribution in [2.75, 3.05) is 13.6 Å². The zero-order valence-electron chi connectivity index (χ0n) is 9.58. The van der Waals surface area contributed by atoms with Crippen molar-refractivity contribution < 1.29 is 13.3 Å². The summed E-state index contributed by atoms with van der Waals surface area (Å²) in [7, 11) is -0.813. The van der Waals surface area contributed by atoms with Crippen LogP contribution in [0.3, 0.4) is 0 Å². The average molecular weight is 220 g/mol. The van der Waals surface area contributed by atoms with E-state index in [0.29, 0.717) is 0 Å². The van der Waals surface area contributed by atoms with Gasteiger partial charge >= 0.3 is 0 Å². The van der Waals surface area contributed by atoms with Crippen molar-refractivity contribution in [3.63, 3.8) is 0 Å². The summed E-state index contributed by atoms with van der Waals surface area (Å²) in [4.78, 5) is 1.35. The summed E-state index contributed by atoms with van der Waals surface area (Å²) in [6.45, 7) is 6.72. The molecule has 0 aromatic heterocycles. The fourth-order valence-electron chi connectivity index (χ4n) is 2.18. The van der Waals surface area contributed by atoms with Crippen LogP contribution < -0.4 is 4.90 Å². The molecule has 0 bridgehead atoms. The fraction of sp³-hybridized carbons (Fsp3) is 1.00. The summed E-state index contributed by atoms with van der Waals surface area (Å²) in [5.41, 5.74) is 0. The van der Waals surface area contributed by atoms with Crippen molar-refractivity contribution in [3.8, 4) is 0 Å². The van der Waals surface area contributed by atoms with E-state index in [1.54, 1.807) is 13.8 Å².